The molecule has 1 aromatic heterocycles. The van der Waals surface area contributed by atoms with E-state index in [4.69, 9.17) is 0 Å². The Morgan fingerprint density at radius 2 is 1.96 bits per heavy atom. The Labute approximate surface area is 182 Å². The second-order valence-electron chi connectivity index (χ2n) is 5.92. The second-order valence-corrected chi connectivity index (χ2v) is 9.42. The fourth-order valence-corrected chi connectivity index (χ4v) is 4.50. The van der Waals surface area contributed by atoms with E-state index in [0.29, 0.717) is 25.5 Å². The zero-order valence-corrected chi connectivity index (χ0v) is 19.6. The highest BCUT2D eigenvalue weighted by molar-refractivity contribution is 14.0. The van der Waals surface area contributed by atoms with Crippen molar-refractivity contribution in [2.75, 3.05) is 18.8 Å². The normalized spacial score (nSPS) is 11.7. The molecule has 0 unspecified atom stereocenters. The van der Waals surface area contributed by atoms with E-state index >= 15 is 0 Å². The molecule has 9 heteroatoms. The zero-order chi connectivity index (χ0) is 18.8. The molecule has 2 aromatic rings. The molecule has 0 saturated carbocycles. The SMILES string of the molecule is CCNC(=NCc1ncc(C)s1)NCCCS(=O)(=O)Cc1ccccc1.I. The lowest BCUT2D eigenvalue weighted by Crippen LogP contribution is -2.38. The Morgan fingerprint density at radius 1 is 1.22 bits per heavy atom. The summed E-state index contributed by atoms with van der Waals surface area (Å²) in [6.07, 6.45) is 2.38. The van der Waals surface area contributed by atoms with Crippen LogP contribution < -0.4 is 10.6 Å². The number of benzene rings is 1. The van der Waals surface area contributed by atoms with Crippen molar-refractivity contribution in [3.05, 3.63) is 52.0 Å². The molecule has 0 aliphatic heterocycles. The van der Waals surface area contributed by atoms with Crippen molar-refractivity contribution in [1.29, 1.82) is 0 Å². The summed E-state index contributed by atoms with van der Waals surface area (Å²) in [6.45, 7) is 5.82. The van der Waals surface area contributed by atoms with E-state index in [-0.39, 0.29) is 35.5 Å². The van der Waals surface area contributed by atoms with Gasteiger partial charge in [-0.05, 0) is 25.8 Å². The molecule has 0 amide bonds. The first-order valence-electron chi connectivity index (χ1n) is 8.66. The summed E-state index contributed by atoms with van der Waals surface area (Å²) < 4.78 is 24.4. The summed E-state index contributed by atoms with van der Waals surface area (Å²) in [7, 11) is -3.11. The molecule has 0 atom stereocenters. The van der Waals surface area contributed by atoms with E-state index in [1.807, 2.05) is 50.4 Å². The van der Waals surface area contributed by atoms with Gasteiger partial charge in [0.2, 0.25) is 0 Å². The van der Waals surface area contributed by atoms with E-state index in [9.17, 15) is 8.42 Å². The van der Waals surface area contributed by atoms with Crippen LogP contribution in [0.2, 0.25) is 0 Å². The van der Waals surface area contributed by atoms with Gasteiger partial charge in [0, 0.05) is 24.2 Å². The number of nitrogens with one attached hydrogen (secondary N) is 2. The maximum atomic E-state index is 12.2. The Morgan fingerprint density at radius 3 is 2.59 bits per heavy atom. The van der Waals surface area contributed by atoms with Crippen molar-refractivity contribution in [1.82, 2.24) is 15.6 Å². The lowest BCUT2D eigenvalue weighted by molar-refractivity contribution is 0.591. The lowest BCUT2D eigenvalue weighted by Gasteiger charge is -2.11. The monoisotopic (exact) mass is 522 g/mol. The lowest BCUT2D eigenvalue weighted by atomic mass is 10.2. The highest BCUT2D eigenvalue weighted by Gasteiger charge is 2.11. The maximum absolute atomic E-state index is 12.2. The predicted molar refractivity (Wildman–Crippen MR) is 124 cm³/mol. The number of guanidine groups is 1. The van der Waals surface area contributed by atoms with E-state index in [2.05, 4.69) is 20.6 Å². The van der Waals surface area contributed by atoms with Gasteiger partial charge in [-0.3, -0.25) is 0 Å². The Hall–Kier alpha value is -1.20. The minimum absolute atomic E-state index is 0. The van der Waals surface area contributed by atoms with Crippen molar-refractivity contribution in [3.8, 4) is 0 Å². The number of sulfone groups is 1. The van der Waals surface area contributed by atoms with Gasteiger partial charge in [-0.1, -0.05) is 30.3 Å². The van der Waals surface area contributed by atoms with Crippen LogP contribution in [0.5, 0.6) is 0 Å². The molecule has 2 N–H and O–H groups in total. The van der Waals surface area contributed by atoms with E-state index in [0.717, 1.165) is 22.0 Å². The molecule has 0 radical (unpaired) electrons. The first-order chi connectivity index (χ1) is 12.5. The van der Waals surface area contributed by atoms with Crippen molar-refractivity contribution in [3.63, 3.8) is 0 Å². The predicted octanol–water partition coefficient (Wildman–Crippen LogP) is 3.13. The summed E-state index contributed by atoms with van der Waals surface area (Å²) in [4.78, 5) is 9.95. The number of aromatic nitrogens is 1. The van der Waals surface area contributed by atoms with Crippen LogP contribution in [0.4, 0.5) is 0 Å². The molecule has 1 heterocycles. The first-order valence-corrected chi connectivity index (χ1v) is 11.3. The van der Waals surface area contributed by atoms with Crippen molar-refractivity contribution >= 4 is 51.1 Å². The number of aryl methyl sites for hydroxylation is 1. The molecule has 150 valence electrons. The standard InChI is InChI=1S/C18H26N4O2S2.HI/c1-3-19-18(22-13-17-21-12-15(2)25-17)20-10-7-11-26(23,24)14-16-8-5-4-6-9-16;/h4-6,8-9,12H,3,7,10-11,13-14H2,1-2H3,(H2,19,20,22);1H. The average Bonchev–Trinajstić information content (AvgIpc) is 3.02. The van der Waals surface area contributed by atoms with Crippen LogP contribution in [0.25, 0.3) is 0 Å². The summed E-state index contributed by atoms with van der Waals surface area (Å²) in [5.41, 5.74) is 0.828. The molecule has 0 aliphatic rings. The Kier molecular flexibility index (Phi) is 10.9. The molecular formula is C18H27IN4O2S2. The minimum Gasteiger partial charge on any atom is -0.357 e. The summed E-state index contributed by atoms with van der Waals surface area (Å²) in [5.74, 6) is 0.923. The van der Waals surface area contributed by atoms with Crippen molar-refractivity contribution in [2.24, 2.45) is 4.99 Å². The topological polar surface area (TPSA) is 83.4 Å². The van der Waals surface area contributed by atoms with Crippen molar-refractivity contribution in [2.45, 2.75) is 32.6 Å². The molecule has 1 aromatic carbocycles. The first kappa shape index (κ1) is 23.8. The molecule has 0 fully saturated rings. The van der Waals surface area contributed by atoms with E-state index in [1.54, 1.807) is 11.3 Å². The second kappa shape index (κ2) is 12.3. The average molecular weight is 522 g/mol. The molecule has 0 aliphatic carbocycles. The molecule has 0 bridgehead atoms. The maximum Gasteiger partial charge on any atom is 0.191 e. The van der Waals surface area contributed by atoms with Gasteiger partial charge in [-0.2, -0.15) is 0 Å². The minimum atomic E-state index is -3.11. The third-order valence-corrected chi connectivity index (χ3v) is 6.12. The smallest absolute Gasteiger partial charge is 0.191 e. The third kappa shape index (κ3) is 9.52. The molecule has 0 spiro atoms. The fourth-order valence-electron chi connectivity index (χ4n) is 2.36. The number of halogens is 1. The summed E-state index contributed by atoms with van der Waals surface area (Å²) in [5, 5.41) is 7.31. The van der Waals surface area contributed by atoms with Gasteiger partial charge in [-0.15, -0.1) is 35.3 Å². The van der Waals surface area contributed by atoms with Gasteiger partial charge in [0.05, 0.1) is 18.1 Å². The number of aliphatic imine (C=N–C) groups is 1. The largest absolute Gasteiger partial charge is 0.357 e. The van der Waals surface area contributed by atoms with Gasteiger partial charge in [0.15, 0.2) is 15.8 Å². The number of hydrogen-bond acceptors (Lipinski definition) is 5. The van der Waals surface area contributed by atoms with E-state index in [1.165, 1.54) is 0 Å². The van der Waals surface area contributed by atoms with Crippen LogP contribution in [0.1, 0.15) is 28.8 Å². The summed E-state index contributed by atoms with van der Waals surface area (Å²) >= 11 is 1.63. The zero-order valence-electron chi connectivity index (χ0n) is 15.6. The van der Waals surface area contributed by atoms with Gasteiger partial charge in [0.25, 0.3) is 0 Å². The van der Waals surface area contributed by atoms with Crippen LogP contribution in [-0.4, -0.2) is 38.2 Å². The van der Waals surface area contributed by atoms with Gasteiger partial charge in [-0.25, -0.2) is 18.4 Å². The van der Waals surface area contributed by atoms with Crippen LogP contribution in [-0.2, 0) is 22.1 Å². The highest BCUT2D eigenvalue weighted by atomic mass is 127. The van der Waals surface area contributed by atoms with Crippen molar-refractivity contribution < 1.29 is 8.42 Å². The third-order valence-electron chi connectivity index (χ3n) is 3.54. The van der Waals surface area contributed by atoms with Crippen LogP contribution in [0.3, 0.4) is 0 Å². The number of thiazole rings is 1. The quantitative estimate of drug-likeness (QED) is 0.229. The van der Waals surface area contributed by atoms with Gasteiger partial charge < -0.3 is 10.6 Å². The Bertz CT molecular complexity index is 808. The molecular weight excluding hydrogens is 495 g/mol. The number of rotatable bonds is 9. The fraction of sp³-hybridized carbons (Fsp3) is 0.444. The van der Waals surface area contributed by atoms with Crippen LogP contribution in [0.15, 0.2) is 41.5 Å². The molecule has 27 heavy (non-hydrogen) atoms. The Balaban J connectivity index is 0.00000364. The molecule has 2 rings (SSSR count). The number of hydrogen-bond donors (Lipinski definition) is 2. The van der Waals surface area contributed by atoms with Gasteiger partial charge >= 0.3 is 0 Å². The van der Waals surface area contributed by atoms with E-state index < -0.39 is 9.84 Å². The summed E-state index contributed by atoms with van der Waals surface area (Å²) in [6, 6.07) is 9.28. The number of nitrogens with zero attached hydrogens (tertiary/aromatic N) is 2. The van der Waals surface area contributed by atoms with Crippen LogP contribution >= 0.6 is 35.3 Å². The highest BCUT2D eigenvalue weighted by Crippen LogP contribution is 2.11. The molecule has 0 saturated heterocycles. The molecule has 6 nitrogen and oxygen atoms in total. The van der Waals surface area contributed by atoms with Crippen LogP contribution in [0, 0.1) is 6.92 Å². The van der Waals surface area contributed by atoms with Gasteiger partial charge in [0.1, 0.15) is 5.01 Å².